The first kappa shape index (κ1) is 14.1. The third-order valence-electron chi connectivity index (χ3n) is 3.49. The van der Waals surface area contributed by atoms with E-state index in [2.05, 4.69) is 21.2 Å². The average Bonchev–Trinajstić information content (AvgIpc) is 2.89. The Morgan fingerprint density at radius 3 is 2.76 bits per heavy atom. The number of hydrogen-bond acceptors (Lipinski definition) is 3. The van der Waals surface area contributed by atoms with E-state index in [0.29, 0.717) is 30.2 Å². The number of benzene rings is 2. The Hall–Kier alpha value is -1.85. The zero-order chi connectivity index (χ0) is 15.0. The van der Waals surface area contributed by atoms with Gasteiger partial charge in [0.1, 0.15) is 0 Å². The molecule has 0 saturated carbocycles. The molecule has 2 aromatic carbocycles. The van der Waals surface area contributed by atoms with Crippen LogP contribution in [0.15, 0.2) is 34.8 Å². The number of carbonyl (C=O) groups is 1. The van der Waals surface area contributed by atoms with Crippen LogP contribution in [0, 0.1) is 6.92 Å². The number of nitrogens with one attached hydrogen (secondary N) is 1. The summed E-state index contributed by atoms with van der Waals surface area (Å²) in [4.78, 5) is 12.4. The summed E-state index contributed by atoms with van der Waals surface area (Å²) in [6.07, 6.45) is 0. The van der Waals surface area contributed by atoms with Gasteiger partial charge in [0.15, 0.2) is 0 Å². The highest BCUT2D eigenvalue weighted by molar-refractivity contribution is 9.10. The SMILES string of the molecule is Cc1cc(N)c(NC(=O)c2ccc3c(c2)COC3)c(Br)c1. The van der Waals surface area contributed by atoms with Gasteiger partial charge in [-0.3, -0.25) is 4.79 Å². The monoisotopic (exact) mass is 346 g/mol. The zero-order valence-corrected chi connectivity index (χ0v) is 13.2. The van der Waals surface area contributed by atoms with Gasteiger partial charge in [0.25, 0.3) is 5.91 Å². The van der Waals surface area contributed by atoms with Crippen molar-refractivity contribution < 1.29 is 9.53 Å². The molecular weight excluding hydrogens is 332 g/mol. The maximum Gasteiger partial charge on any atom is 0.255 e. The minimum Gasteiger partial charge on any atom is -0.397 e. The molecule has 108 valence electrons. The molecule has 0 unspecified atom stereocenters. The summed E-state index contributed by atoms with van der Waals surface area (Å²) in [7, 11) is 0. The molecule has 1 aliphatic rings. The molecule has 0 aromatic heterocycles. The molecule has 0 fully saturated rings. The highest BCUT2D eigenvalue weighted by Crippen LogP contribution is 2.31. The fourth-order valence-electron chi connectivity index (χ4n) is 2.40. The number of amides is 1. The highest BCUT2D eigenvalue weighted by atomic mass is 79.9. The molecule has 3 rings (SSSR count). The standard InChI is InChI=1S/C16H15BrN2O2/c1-9-4-13(17)15(14(18)5-9)19-16(20)10-2-3-11-7-21-8-12(11)6-10/h2-6H,7-8,18H2,1H3,(H,19,20). The molecule has 1 amide bonds. The van der Waals surface area contributed by atoms with Gasteiger partial charge in [0.05, 0.1) is 24.6 Å². The lowest BCUT2D eigenvalue weighted by Gasteiger charge is -2.12. The van der Waals surface area contributed by atoms with Crippen molar-refractivity contribution in [2.45, 2.75) is 20.1 Å². The van der Waals surface area contributed by atoms with Gasteiger partial charge in [-0.05, 0) is 63.8 Å². The molecule has 0 saturated heterocycles. The second-order valence-corrected chi connectivity index (χ2v) is 6.00. The van der Waals surface area contributed by atoms with Gasteiger partial charge in [0, 0.05) is 10.0 Å². The van der Waals surface area contributed by atoms with E-state index in [0.717, 1.165) is 21.2 Å². The topological polar surface area (TPSA) is 64.3 Å². The normalized spacial score (nSPS) is 13.0. The minimum absolute atomic E-state index is 0.180. The molecule has 0 aliphatic carbocycles. The van der Waals surface area contributed by atoms with E-state index in [1.807, 2.05) is 31.2 Å². The number of ether oxygens (including phenoxy) is 1. The van der Waals surface area contributed by atoms with Gasteiger partial charge >= 0.3 is 0 Å². The van der Waals surface area contributed by atoms with Crippen LogP contribution in [0.5, 0.6) is 0 Å². The van der Waals surface area contributed by atoms with Crippen LogP contribution < -0.4 is 11.1 Å². The van der Waals surface area contributed by atoms with Crippen molar-refractivity contribution in [3.63, 3.8) is 0 Å². The van der Waals surface area contributed by atoms with Crippen molar-refractivity contribution in [1.82, 2.24) is 0 Å². The molecular formula is C16H15BrN2O2. The third-order valence-corrected chi connectivity index (χ3v) is 4.11. The lowest BCUT2D eigenvalue weighted by molar-refractivity contribution is 0.102. The third kappa shape index (κ3) is 2.80. The number of carbonyl (C=O) groups excluding carboxylic acids is 1. The summed E-state index contributed by atoms with van der Waals surface area (Å²) in [5.74, 6) is -0.180. The smallest absolute Gasteiger partial charge is 0.255 e. The predicted octanol–water partition coefficient (Wildman–Crippen LogP) is 3.62. The van der Waals surface area contributed by atoms with Crippen LogP contribution in [0.25, 0.3) is 0 Å². The van der Waals surface area contributed by atoms with Gasteiger partial charge in [-0.2, -0.15) is 0 Å². The summed E-state index contributed by atoms with van der Waals surface area (Å²) >= 11 is 3.43. The molecule has 4 nitrogen and oxygen atoms in total. The zero-order valence-electron chi connectivity index (χ0n) is 11.6. The first-order chi connectivity index (χ1) is 10.0. The number of aryl methyl sites for hydroxylation is 1. The summed E-state index contributed by atoms with van der Waals surface area (Å²) in [6.45, 7) is 3.13. The number of nitrogens with two attached hydrogens (primary N) is 1. The molecule has 1 heterocycles. The summed E-state index contributed by atoms with van der Waals surface area (Å²) < 4.78 is 6.14. The molecule has 0 atom stereocenters. The lowest BCUT2D eigenvalue weighted by Crippen LogP contribution is -2.14. The molecule has 5 heteroatoms. The van der Waals surface area contributed by atoms with Gasteiger partial charge in [-0.1, -0.05) is 6.07 Å². The Balaban J connectivity index is 1.87. The van der Waals surface area contributed by atoms with E-state index in [4.69, 9.17) is 10.5 Å². The maximum atomic E-state index is 12.4. The first-order valence-corrected chi connectivity index (χ1v) is 7.40. The van der Waals surface area contributed by atoms with Gasteiger partial charge in [0.2, 0.25) is 0 Å². The van der Waals surface area contributed by atoms with Gasteiger partial charge in [-0.25, -0.2) is 0 Å². The average molecular weight is 347 g/mol. The number of anilines is 2. The van der Waals surface area contributed by atoms with Crippen LogP contribution in [-0.4, -0.2) is 5.91 Å². The second-order valence-electron chi connectivity index (χ2n) is 5.14. The van der Waals surface area contributed by atoms with Crippen LogP contribution in [0.1, 0.15) is 27.0 Å². The molecule has 3 N–H and O–H groups in total. The number of rotatable bonds is 2. The van der Waals surface area contributed by atoms with E-state index in [1.54, 1.807) is 6.07 Å². The second kappa shape index (κ2) is 5.50. The van der Waals surface area contributed by atoms with E-state index >= 15 is 0 Å². The summed E-state index contributed by atoms with van der Waals surface area (Å²) in [5, 5.41) is 2.86. The fourth-order valence-corrected chi connectivity index (χ4v) is 3.09. The van der Waals surface area contributed by atoms with Crippen LogP contribution in [0.2, 0.25) is 0 Å². The Bertz CT molecular complexity index is 705. The van der Waals surface area contributed by atoms with E-state index in [-0.39, 0.29) is 5.91 Å². The van der Waals surface area contributed by atoms with Crippen LogP contribution in [-0.2, 0) is 18.0 Å². The van der Waals surface area contributed by atoms with Crippen molar-refractivity contribution in [3.8, 4) is 0 Å². The first-order valence-electron chi connectivity index (χ1n) is 6.61. The Labute approximate surface area is 131 Å². The summed E-state index contributed by atoms with van der Waals surface area (Å²) in [6, 6.07) is 9.36. The van der Waals surface area contributed by atoms with Gasteiger partial charge in [-0.15, -0.1) is 0 Å². The Morgan fingerprint density at radius 1 is 1.24 bits per heavy atom. The fraction of sp³-hybridized carbons (Fsp3) is 0.188. The van der Waals surface area contributed by atoms with Crippen LogP contribution in [0.3, 0.4) is 0 Å². The molecule has 21 heavy (non-hydrogen) atoms. The van der Waals surface area contributed by atoms with Crippen molar-refractivity contribution in [3.05, 3.63) is 57.1 Å². The Morgan fingerprint density at radius 2 is 2.00 bits per heavy atom. The van der Waals surface area contributed by atoms with Crippen molar-refractivity contribution in [2.24, 2.45) is 0 Å². The van der Waals surface area contributed by atoms with Crippen molar-refractivity contribution >= 4 is 33.2 Å². The molecule has 2 aromatic rings. The van der Waals surface area contributed by atoms with E-state index < -0.39 is 0 Å². The van der Waals surface area contributed by atoms with Gasteiger partial charge < -0.3 is 15.8 Å². The van der Waals surface area contributed by atoms with Crippen LogP contribution in [0.4, 0.5) is 11.4 Å². The van der Waals surface area contributed by atoms with Crippen molar-refractivity contribution in [2.75, 3.05) is 11.1 Å². The largest absolute Gasteiger partial charge is 0.397 e. The quantitative estimate of drug-likeness (QED) is 0.816. The van der Waals surface area contributed by atoms with Crippen LogP contribution >= 0.6 is 15.9 Å². The molecule has 0 spiro atoms. The number of fused-ring (bicyclic) bond motifs is 1. The molecule has 0 radical (unpaired) electrons. The van der Waals surface area contributed by atoms with Crippen molar-refractivity contribution in [1.29, 1.82) is 0 Å². The van der Waals surface area contributed by atoms with E-state index in [1.165, 1.54) is 0 Å². The number of nitrogen functional groups attached to an aromatic ring is 1. The predicted molar refractivity (Wildman–Crippen MR) is 86.2 cm³/mol. The molecule has 1 aliphatic heterocycles. The number of hydrogen-bond donors (Lipinski definition) is 2. The van der Waals surface area contributed by atoms with E-state index in [9.17, 15) is 4.79 Å². The lowest BCUT2D eigenvalue weighted by atomic mass is 10.1. The Kier molecular flexibility index (Phi) is 3.69. The summed E-state index contributed by atoms with van der Waals surface area (Å²) in [5.41, 5.74) is 11.0. The highest BCUT2D eigenvalue weighted by Gasteiger charge is 2.16. The maximum absolute atomic E-state index is 12.4. The number of halogens is 1. The minimum atomic E-state index is -0.180. The molecule has 0 bridgehead atoms.